The van der Waals surface area contributed by atoms with Crippen LogP contribution in [0.4, 0.5) is 4.79 Å². The largest absolute Gasteiger partial charge is 0.348 e. The van der Waals surface area contributed by atoms with Crippen LogP contribution in [0.25, 0.3) is 0 Å². The van der Waals surface area contributed by atoms with Gasteiger partial charge in [-0.15, -0.1) is 0 Å². The molecule has 1 heterocycles. The highest BCUT2D eigenvalue weighted by atomic mass is 32.2. The van der Waals surface area contributed by atoms with E-state index in [0.29, 0.717) is 24.3 Å². The van der Waals surface area contributed by atoms with Crippen LogP contribution in [0.5, 0.6) is 0 Å². The fraction of sp³-hybridized carbons (Fsp3) is 0.625. The molecule has 34 heavy (non-hydrogen) atoms. The van der Waals surface area contributed by atoms with E-state index in [9.17, 15) is 22.8 Å². The molecule has 2 fully saturated rings. The third-order valence-electron chi connectivity index (χ3n) is 7.15. The summed E-state index contributed by atoms with van der Waals surface area (Å²) in [7, 11) is -0.617. The molecule has 0 radical (unpaired) electrons. The van der Waals surface area contributed by atoms with E-state index in [1.165, 1.54) is 26.2 Å². The van der Waals surface area contributed by atoms with E-state index in [-0.39, 0.29) is 22.8 Å². The van der Waals surface area contributed by atoms with Crippen molar-refractivity contribution >= 4 is 27.9 Å². The van der Waals surface area contributed by atoms with E-state index in [1.807, 2.05) is 0 Å². The highest BCUT2D eigenvalue weighted by Crippen LogP contribution is 2.43. The molecule has 1 aromatic rings. The Morgan fingerprint density at radius 2 is 1.74 bits per heavy atom. The molecule has 1 unspecified atom stereocenters. The summed E-state index contributed by atoms with van der Waals surface area (Å²) >= 11 is 0. The summed E-state index contributed by atoms with van der Waals surface area (Å²) in [5, 5.41) is 5.65. The number of rotatable bonds is 6. The molecular weight excluding hydrogens is 456 g/mol. The first-order valence-corrected chi connectivity index (χ1v) is 13.1. The van der Waals surface area contributed by atoms with Crippen LogP contribution in [0.2, 0.25) is 0 Å². The normalized spacial score (nSPS) is 24.4. The van der Waals surface area contributed by atoms with Gasteiger partial charge in [0.1, 0.15) is 12.1 Å². The standard InChI is InChI=1S/C24H36N4O5S/c1-16(17-7-9-19(10-8-17)34(32,33)27(5)6)25-20(29)15-28-21(30)24(26-22(28)31)13-11-18(12-14-24)23(2,3)4/h7-10,16,18H,11-15H2,1-6H3,(H,25,29)(H,26,31). The molecular formula is C24H36N4O5S. The smallest absolute Gasteiger partial charge is 0.325 e. The Hall–Kier alpha value is -2.46. The van der Waals surface area contributed by atoms with Crippen molar-refractivity contribution < 1.29 is 22.8 Å². The third kappa shape index (κ3) is 5.12. The molecule has 0 aromatic heterocycles. The van der Waals surface area contributed by atoms with Gasteiger partial charge in [-0.25, -0.2) is 17.5 Å². The van der Waals surface area contributed by atoms with Crippen LogP contribution in [0.3, 0.4) is 0 Å². The topological polar surface area (TPSA) is 116 Å². The van der Waals surface area contributed by atoms with Crippen LogP contribution < -0.4 is 10.6 Å². The van der Waals surface area contributed by atoms with Gasteiger partial charge in [-0.3, -0.25) is 14.5 Å². The first-order chi connectivity index (χ1) is 15.7. The van der Waals surface area contributed by atoms with Gasteiger partial charge in [-0.05, 0) is 61.6 Å². The molecule has 1 spiro atoms. The lowest BCUT2D eigenvalue weighted by Gasteiger charge is -2.40. The SMILES string of the molecule is CC(NC(=O)CN1C(=O)NC2(CCC(C(C)(C)C)CC2)C1=O)c1ccc(S(=O)(=O)N(C)C)cc1. The van der Waals surface area contributed by atoms with Crippen molar-refractivity contribution in [1.29, 1.82) is 0 Å². The van der Waals surface area contributed by atoms with E-state index in [0.717, 1.165) is 22.0 Å². The van der Waals surface area contributed by atoms with Crippen LogP contribution in [0.1, 0.15) is 65.0 Å². The van der Waals surface area contributed by atoms with Crippen LogP contribution in [0, 0.1) is 11.3 Å². The molecule has 3 rings (SSSR count). The Balaban J connectivity index is 1.61. The number of nitrogens with one attached hydrogen (secondary N) is 2. The first kappa shape index (κ1) is 26.2. The minimum absolute atomic E-state index is 0.151. The van der Waals surface area contributed by atoms with Crippen molar-refractivity contribution in [2.45, 2.75) is 69.9 Å². The van der Waals surface area contributed by atoms with Crippen molar-refractivity contribution in [2.75, 3.05) is 20.6 Å². The molecule has 188 valence electrons. The van der Waals surface area contributed by atoms with E-state index < -0.39 is 33.5 Å². The zero-order valence-electron chi connectivity index (χ0n) is 20.8. The molecule has 10 heteroatoms. The summed E-state index contributed by atoms with van der Waals surface area (Å²) in [5.74, 6) is -0.299. The molecule has 2 aliphatic rings. The molecule has 1 aromatic carbocycles. The van der Waals surface area contributed by atoms with Crippen molar-refractivity contribution in [1.82, 2.24) is 19.8 Å². The summed E-state index contributed by atoms with van der Waals surface area (Å²) in [6.07, 6.45) is 2.87. The summed E-state index contributed by atoms with van der Waals surface area (Å²) in [4.78, 5) is 39.5. The lowest BCUT2D eigenvalue weighted by Crippen LogP contribution is -2.51. The Kier molecular flexibility index (Phi) is 7.15. The second-order valence-electron chi connectivity index (χ2n) is 10.7. The number of urea groups is 1. The van der Waals surface area contributed by atoms with Gasteiger partial charge in [0.2, 0.25) is 15.9 Å². The number of benzene rings is 1. The predicted molar refractivity (Wildman–Crippen MR) is 128 cm³/mol. The summed E-state index contributed by atoms with van der Waals surface area (Å²) in [5.41, 5.74) is -0.0451. The van der Waals surface area contributed by atoms with Gasteiger partial charge in [0.05, 0.1) is 10.9 Å². The third-order valence-corrected chi connectivity index (χ3v) is 8.98. The fourth-order valence-electron chi connectivity index (χ4n) is 4.79. The van der Waals surface area contributed by atoms with Gasteiger partial charge in [0, 0.05) is 14.1 Å². The molecule has 1 aliphatic heterocycles. The zero-order valence-corrected chi connectivity index (χ0v) is 21.7. The molecule has 1 atom stereocenters. The molecule has 0 bridgehead atoms. The van der Waals surface area contributed by atoms with Gasteiger partial charge < -0.3 is 10.6 Å². The Morgan fingerprint density at radius 3 is 2.24 bits per heavy atom. The number of imide groups is 1. The number of nitrogens with zero attached hydrogens (tertiary/aromatic N) is 2. The molecule has 4 amide bonds. The minimum Gasteiger partial charge on any atom is -0.348 e. The maximum atomic E-state index is 13.1. The molecule has 9 nitrogen and oxygen atoms in total. The Morgan fingerprint density at radius 1 is 1.18 bits per heavy atom. The van der Waals surface area contributed by atoms with E-state index >= 15 is 0 Å². The van der Waals surface area contributed by atoms with Crippen LogP contribution in [-0.2, 0) is 19.6 Å². The van der Waals surface area contributed by atoms with Gasteiger partial charge in [-0.1, -0.05) is 32.9 Å². The van der Waals surface area contributed by atoms with E-state index in [2.05, 4.69) is 31.4 Å². The molecule has 1 aliphatic carbocycles. The summed E-state index contributed by atoms with van der Waals surface area (Å²) in [6, 6.07) is 5.29. The number of amides is 4. The van der Waals surface area contributed by atoms with Gasteiger partial charge in [0.15, 0.2) is 0 Å². The van der Waals surface area contributed by atoms with Crippen molar-refractivity contribution in [3.05, 3.63) is 29.8 Å². The second kappa shape index (κ2) is 9.30. The number of sulfonamides is 1. The number of carbonyl (C=O) groups excluding carboxylic acids is 3. The Labute approximate surface area is 202 Å². The Bertz CT molecular complexity index is 1050. The van der Waals surface area contributed by atoms with E-state index in [1.54, 1.807) is 19.1 Å². The lowest BCUT2D eigenvalue weighted by molar-refractivity contribution is -0.136. The monoisotopic (exact) mass is 492 g/mol. The fourth-order valence-corrected chi connectivity index (χ4v) is 5.69. The van der Waals surface area contributed by atoms with E-state index in [4.69, 9.17) is 0 Å². The molecule has 1 saturated carbocycles. The highest BCUT2D eigenvalue weighted by molar-refractivity contribution is 7.89. The highest BCUT2D eigenvalue weighted by Gasteiger charge is 2.53. The van der Waals surface area contributed by atoms with Gasteiger partial charge in [-0.2, -0.15) is 0 Å². The molecule has 2 N–H and O–H groups in total. The lowest BCUT2D eigenvalue weighted by atomic mass is 9.67. The predicted octanol–water partition coefficient (Wildman–Crippen LogP) is 2.64. The van der Waals surface area contributed by atoms with Crippen LogP contribution >= 0.6 is 0 Å². The second-order valence-corrected chi connectivity index (χ2v) is 12.8. The van der Waals surface area contributed by atoms with Crippen molar-refractivity contribution in [2.24, 2.45) is 11.3 Å². The average molecular weight is 493 g/mol. The van der Waals surface area contributed by atoms with Gasteiger partial charge >= 0.3 is 6.03 Å². The number of carbonyl (C=O) groups is 3. The molecule has 1 saturated heterocycles. The number of hydrogen-bond donors (Lipinski definition) is 2. The van der Waals surface area contributed by atoms with Crippen LogP contribution in [-0.4, -0.2) is 61.6 Å². The maximum absolute atomic E-state index is 13.1. The minimum atomic E-state index is -3.54. The average Bonchev–Trinajstić information content (AvgIpc) is 2.97. The first-order valence-electron chi connectivity index (χ1n) is 11.6. The van der Waals surface area contributed by atoms with Gasteiger partial charge in [0.25, 0.3) is 5.91 Å². The summed E-state index contributed by atoms with van der Waals surface area (Å²) < 4.78 is 25.6. The number of hydrogen-bond acceptors (Lipinski definition) is 5. The van der Waals surface area contributed by atoms with Crippen molar-refractivity contribution in [3.8, 4) is 0 Å². The van der Waals surface area contributed by atoms with Crippen LogP contribution in [0.15, 0.2) is 29.2 Å². The van der Waals surface area contributed by atoms with Crippen molar-refractivity contribution in [3.63, 3.8) is 0 Å². The maximum Gasteiger partial charge on any atom is 0.325 e. The zero-order chi connectivity index (χ0) is 25.5. The summed E-state index contributed by atoms with van der Waals surface area (Å²) in [6.45, 7) is 7.98. The quantitative estimate of drug-likeness (QED) is 0.593.